The summed E-state index contributed by atoms with van der Waals surface area (Å²) in [4.78, 5) is 2.63. The Kier molecular flexibility index (Phi) is 11.8. The topological polar surface area (TPSA) is 8.17 Å². The number of benzene rings is 9. The molecule has 0 fully saturated rings. The van der Waals surface area contributed by atoms with Crippen molar-refractivity contribution >= 4 is 49.5 Å². The van der Waals surface area contributed by atoms with Crippen LogP contribution in [-0.4, -0.2) is 10.6 Å². The van der Waals surface area contributed by atoms with Crippen molar-refractivity contribution in [2.75, 3.05) is 4.90 Å². The van der Waals surface area contributed by atoms with Crippen molar-refractivity contribution in [2.45, 2.75) is 91.0 Å². The molecule has 1 aliphatic rings. The molecular formula is C70H66N2. The molecule has 11 rings (SSSR count). The summed E-state index contributed by atoms with van der Waals surface area (Å²) >= 11 is 0. The van der Waals surface area contributed by atoms with E-state index >= 15 is 0 Å². The van der Waals surface area contributed by atoms with Crippen molar-refractivity contribution < 1.29 is 0 Å². The molecule has 1 unspecified atom stereocenters. The number of allylic oxidation sites excluding steroid dienone is 2. The second kappa shape index (κ2) is 18.2. The fraction of sp³-hybridized carbons (Fsp3) is 0.200. The van der Waals surface area contributed by atoms with Gasteiger partial charge in [-0.2, -0.15) is 0 Å². The van der Waals surface area contributed by atoms with E-state index < -0.39 is 0 Å². The van der Waals surface area contributed by atoms with Crippen LogP contribution in [0.3, 0.4) is 0 Å². The zero-order valence-electron chi connectivity index (χ0n) is 43.5. The number of hydrogen-bond donors (Lipinski definition) is 0. The molecular weight excluding hydrogens is 869 g/mol. The lowest BCUT2D eigenvalue weighted by Gasteiger charge is -2.38. The summed E-state index contributed by atoms with van der Waals surface area (Å²) < 4.78 is 2.39. The Balaban J connectivity index is 1.07. The summed E-state index contributed by atoms with van der Waals surface area (Å²) in [6.45, 7) is 20.9. The molecule has 0 spiro atoms. The van der Waals surface area contributed by atoms with E-state index in [2.05, 4.69) is 290 Å². The number of fused-ring (bicyclic) bond motifs is 4. The van der Waals surface area contributed by atoms with Crippen LogP contribution in [0.25, 0.3) is 77.2 Å². The Morgan fingerprint density at radius 2 is 1.01 bits per heavy atom. The van der Waals surface area contributed by atoms with Gasteiger partial charge in [0.1, 0.15) is 0 Å². The number of rotatable bonds is 8. The molecule has 1 aliphatic carbocycles. The van der Waals surface area contributed by atoms with E-state index in [1.54, 1.807) is 0 Å². The molecule has 2 nitrogen and oxygen atoms in total. The second-order valence-electron chi connectivity index (χ2n) is 23.0. The lowest BCUT2D eigenvalue weighted by molar-refractivity contribution is 0.569. The molecule has 1 atom stereocenters. The van der Waals surface area contributed by atoms with Crippen molar-refractivity contribution in [1.82, 2.24) is 4.57 Å². The van der Waals surface area contributed by atoms with Gasteiger partial charge in [0.05, 0.1) is 17.1 Å². The molecule has 0 saturated carbocycles. The Morgan fingerprint density at radius 3 is 1.71 bits per heavy atom. The fourth-order valence-electron chi connectivity index (χ4n) is 11.0. The standard InChI is InChI=1S/C70H66N2/c1-68(2,3)52-38-33-48(34-39-52)57-25-13-16-30-63(57)72(56-40-35-47(36-41-56)50-37-42-66-62(45-50)60-27-15-18-32-65(60)71(66)55-23-11-10-12-24-55)64-31-17-14-26-59(64)61-29-20-22-49-21-19-28-58(67(49)61)51-43-53(69(4,5)6)46-54(44-51)70(7,8)9/h10-30,32-46,64H,31H2,1-9H3. The van der Waals surface area contributed by atoms with Crippen molar-refractivity contribution in [2.24, 2.45) is 0 Å². The van der Waals surface area contributed by atoms with E-state index in [1.165, 1.54) is 105 Å². The van der Waals surface area contributed by atoms with E-state index in [9.17, 15) is 0 Å². The summed E-state index contributed by atoms with van der Waals surface area (Å²) in [7, 11) is 0. The number of hydrogen-bond acceptors (Lipinski definition) is 1. The Bertz CT molecular complexity index is 3650. The third-order valence-electron chi connectivity index (χ3n) is 15.0. The molecule has 10 aromatic rings. The highest BCUT2D eigenvalue weighted by atomic mass is 15.2. The number of nitrogens with zero attached hydrogens (tertiary/aromatic N) is 2. The minimum atomic E-state index is -0.0129. The monoisotopic (exact) mass is 935 g/mol. The molecule has 356 valence electrons. The number of aromatic nitrogens is 1. The van der Waals surface area contributed by atoms with Crippen molar-refractivity contribution in [3.8, 4) is 39.1 Å². The highest BCUT2D eigenvalue weighted by Crippen LogP contribution is 2.46. The highest BCUT2D eigenvalue weighted by molar-refractivity contribution is 6.11. The molecule has 0 radical (unpaired) electrons. The normalized spacial score (nSPS) is 14.3. The van der Waals surface area contributed by atoms with E-state index in [4.69, 9.17) is 0 Å². The van der Waals surface area contributed by atoms with Crippen LogP contribution in [0.15, 0.2) is 218 Å². The average molecular weight is 935 g/mol. The second-order valence-corrected chi connectivity index (χ2v) is 23.0. The summed E-state index contributed by atoms with van der Waals surface area (Å²) in [6.07, 6.45) is 7.86. The molecule has 0 N–H and O–H groups in total. The minimum Gasteiger partial charge on any atom is -0.333 e. The maximum absolute atomic E-state index is 2.63. The van der Waals surface area contributed by atoms with Gasteiger partial charge in [-0.05, 0) is 138 Å². The zero-order chi connectivity index (χ0) is 49.9. The maximum Gasteiger partial charge on any atom is 0.0632 e. The first kappa shape index (κ1) is 46.7. The molecule has 2 heteroatoms. The summed E-state index contributed by atoms with van der Waals surface area (Å²) in [5.74, 6) is 0. The van der Waals surface area contributed by atoms with Crippen LogP contribution >= 0.6 is 0 Å². The van der Waals surface area contributed by atoms with Crippen LogP contribution in [0.5, 0.6) is 0 Å². The van der Waals surface area contributed by atoms with Gasteiger partial charge in [-0.15, -0.1) is 0 Å². The molecule has 9 aromatic carbocycles. The lowest BCUT2D eigenvalue weighted by atomic mass is 9.78. The lowest BCUT2D eigenvalue weighted by Crippen LogP contribution is -2.33. The first-order valence-corrected chi connectivity index (χ1v) is 25.9. The smallest absolute Gasteiger partial charge is 0.0632 e. The Morgan fingerprint density at radius 1 is 0.431 bits per heavy atom. The number of para-hydroxylation sites is 3. The Labute approximate surface area is 427 Å². The van der Waals surface area contributed by atoms with E-state index in [-0.39, 0.29) is 22.3 Å². The van der Waals surface area contributed by atoms with Gasteiger partial charge in [-0.25, -0.2) is 0 Å². The molecule has 1 aromatic heterocycles. The quantitative estimate of drug-likeness (QED) is 0.147. The van der Waals surface area contributed by atoms with Gasteiger partial charge >= 0.3 is 0 Å². The van der Waals surface area contributed by atoms with Crippen LogP contribution in [-0.2, 0) is 16.2 Å². The van der Waals surface area contributed by atoms with Crippen LogP contribution < -0.4 is 4.90 Å². The van der Waals surface area contributed by atoms with E-state index in [1.807, 2.05) is 0 Å². The largest absolute Gasteiger partial charge is 0.333 e. The van der Waals surface area contributed by atoms with Gasteiger partial charge < -0.3 is 9.47 Å². The molecule has 0 aliphatic heterocycles. The van der Waals surface area contributed by atoms with E-state index in [0.717, 1.165) is 12.1 Å². The van der Waals surface area contributed by atoms with Gasteiger partial charge in [0.15, 0.2) is 0 Å². The molecule has 1 heterocycles. The minimum absolute atomic E-state index is 0.00272. The first-order valence-electron chi connectivity index (χ1n) is 25.9. The number of anilines is 2. The molecule has 0 bridgehead atoms. The first-order chi connectivity index (χ1) is 34.6. The van der Waals surface area contributed by atoms with Crippen LogP contribution in [0.2, 0.25) is 0 Å². The van der Waals surface area contributed by atoms with Gasteiger partial charge in [-0.3, -0.25) is 0 Å². The molecule has 72 heavy (non-hydrogen) atoms. The van der Waals surface area contributed by atoms with Gasteiger partial charge in [-0.1, -0.05) is 232 Å². The van der Waals surface area contributed by atoms with E-state index in [0.29, 0.717) is 0 Å². The third kappa shape index (κ3) is 8.68. The summed E-state index contributed by atoms with van der Waals surface area (Å²) in [6, 6.07) is 75.2. The van der Waals surface area contributed by atoms with Crippen LogP contribution in [0.4, 0.5) is 11.4 Å². The predicted octanol–water partition coefficient (Wildman–Crippen LogP) is 19.4. The Hall–Kier alpha value is -7.68. The SMILES string of the molecule is CC(C)(C)c1ccc(-c2ccccc2N(c2ccc(-c3ccc4c(c3)c3ccccc3n4-c3ccccc3)cc2)C2CC=CC=C2c2cccc3cccc(-c4cc(C(C)(C)C)cc(C(C)(C)C)c4)c23)cc1. The summed E-state index contributed by atoms with van der Waals surface area (Å²) in [5.41, 5.74) is 20.0. The van der Waals surface area contributed by atoms with Crippen LogP contribution in [0.1, 0.15) is 91.0 Å². The average Bonchev–Trinajstić information content (AvgIpc) is 3.72. The maximum atomic E-state index is 2.63. The summed E-state index contributed by atoms with van der Waals surface area (Å²) in [5, 5.41) is 5.05. The highest BCUT2D eigenvalue weighted by Gasteiger charge is 2.30. The van der Waals surface area contributed by atoms with Gasteiger partial charge in [0.2, 0.25) is 0 Å². The molecule has 0 saturated heterocycles. The van der Waals surface area contributed by atoms with Crippen molar-refractivity contribution in [3.63, 3.8) is 0 Å². The fourth-order valence-corrected chi connectivity index (χ4v) is 11.0. The van der Waals surface area contributed by atoms with Crippen LogP contribution in [0, 0.1) is 0 Å². The van der Waals surface area contributed by atoms with Gasteiger partial charge in [0, 0.05) is 33.4 Å². The third-order valence-corrected chi connectivity index (χ3v) is 15.0. The predicted molar refractivity (Wildman–Crippen MR) is 311 cm³/mol. The zero-order valence-corrected chi connectivity index (χ0v) is 43.5. The van der Waals surface area contributed by atoms with Crippen molar-refractivity contribution in [3.05, 3.63) is 241 Å². The van der Waals surface area contributed by atoms with Gasteiger partial charge in [0.25, 0.3) is 0 Å². The van der Waals surface area contributed by atoms with Crippen molar-refractivity contribution in [1.29, 1.82) is 0 Å². The molecule has 0 amide bonds.